The van der Waals surface area contributed by atoms with Gasteiger partial charge in [-0.2, -0.15) is 0 Å². The Hall–Kier alpha value is -3.93. The van der Waals surface area contributed by atoms with E-state index in [0.717, 1.165) is 48.8 Å². The molecular weight excluding hydrogens is 482 g/mol. The minimum Gasteiger partial charge on any atom is -0.494 e. The van der Waals surface area contributed by atoms with E-state index < -0.39 is 0 Å². The Morgan fingerprint density at radius 3 is 2.33 bits per heavy atom. The predicted molar refractivity (Wildman–Crippen MR) is 159 cm³/mol. The highest BCUT2D eigenvalue weighted by molar-refractivity contribution is 5.84. The lowest BCUT2D eigenvalue weighted by atomic mass is 10.1. The number of hydrogen-bond acceptors (Lipinski definition) is 4. The van der Waals surface area contributed by atoms with E-state index in [0.29, 0.717) is 13.1 Å². The van der Waals surface area contributed by atoms with Crippen LogP contribution in [0.2, 0.25) is 0 Å². The lowest BCUT2D eigenvalue weighted by Gasteiger charge is -2.21. The molecule has 5 heteroatoms. The van der Waals surface area contributed by atoms with Gasteiger partial charge in [0.1, 0.15) is 11.6 Å². The number of hydrogen-bond donors (Lipinski definition) is 2. The summed E-state index contributed by atoms with van der Waals surface area (Å²) in [5.41, 5.74) is 4.72. The number of H-pyrrole nitrogens is 1. The average Bonchev–Trinajstić information content (AvgIpc) is 3.44. The van der Waals surface area contributed by atoms with E-state index in [1.165, 1.54) is 34.7 Å². The zero-order valence-electron chi connectivity index (χ0n) is 22.4. The minimum atomic E-state index is 0.111. The first-order valence-electron chi connectivity index (χ1n) is 13.9. The molecule has 1 aromatic heterocycles. The monoisotopic (exact) mass is 519 g/mol. The van der Waals surface area contributed by atoms with Gasteiger partial charge in [-0.25, -0.2) is 4.98 Å². The summed E-state index contributed by atoms with van der Waals surface area (Å²) in [5.74, 6) is 1.79. The molecule has 1 heterocycles. The minimum absolute atomic E-state index is 0.111. The largest absolute Gasteiger partial charge is 0.494 e. The van der Waals surface area contributed by atoms with Gasteiger partial charge in [-0.3, -0.25) is 4.90 Å². The normalized spacial score (nSPS) is 11.3. The van der Waals surface area contributed by atoms with E-state index in [4.69, 9.17) is 4.74 Å². The molecule has 5 rings (SSSR count). The molecule has 200 valence electrons. The van der Waals surface area contributed by atoms with Gasteiger partial charge >= 0.3 is 0 Å². The summed E-state index contributed by atoms with van der Waals surface area (Å²) < 4.78 is 6.05. The number of ether oxygens (including phenoxy) is 1. The molecule has 0 unspecified atom stereocenters. The maximum Gasteiger partial charge on any atom is 0.137 e. The van der Waals surface area contributed by atoms with Crippen molar-refractivity contribution in [2.45, 2.75) is 38.8 Å². The van der Waals surface area contributed by atoms with Gasteiger partial charge in [0.15, 0.2) is 0 Å². The highest BCUT2D eigenvalue weighted by Gasteiger charge is 2.11. The molecule has 0 radical (unpaired) electrons. The molecule has 0 saturated heterocycles. The average molecular weight is 520 g/mol. The summed E-state index contributed by atoms with van der Waals surface area (Å²) in [4.78, 5) is 10.2. The summed E-state index contributed by atoms with van der Waals surface area (Å²) in [6, 6.07) is 33.7. The van der Waals surface area contributed by atoms with Gasteiger partial charge in [0.2, 0.25) is 0 Å². The molecule has 5 aromatic rings. The summed E-state index contributed by atoms with van der Waals surface area (Å²) in [5, 5.41) is 12.0. The van der Waals surface area contributed by atoms with E-state index in [1.807, 2.05) is 36.5 Å². The maximum atomic E-state index is 9.67. The van der Waals surface area contributed by atoms with Crippen LogP contribution >= 0.6 is 0 Å². The van der Waals surface area contributed by atoms with Gasteiger partial charge in [0, 0.05) is 37.1 Å². The second-order valence-electron chi connectivity index (χ2n) is 10.0. The van der Waals surface area contributed by atoms with E-state index >= 15 is 0 Å². The number of nitrogens with one attached hydrogen (secondary N) is 1. The smallest absolute Gasteiger partial charge is 0.137 e. The Morgan fingerprint density at radius 2 is 1.51 bits per heavy atom. The molecule has 0 bridgehead atoms. The van der Waals surface area contributed by atoms with Crippen molar-refractivity contribution in [3.05, 3.63) is 120 Å². The second kappa shape index (κ2) is 13.7. The Bertz CT molecular complexity index is 1430. The van der Waals surface area contributed by atoms with Crippen LogP contribution in [0.4, 0.5) is 0 Å². The molecule has 0 atom stereocenters. The van der Waals surface area contributed by atoms with Crippen LogP contribution in [0.15, 0.2) is 103 Å². The third kappa shape index (κ3) is 7.79. The maximum absolute atomic E-state index is 9.67. The van der Waals surface area contributed by atoms with E-state index in [2.05, 4.69) is 81.6 Å². The fourth-order valence-corrected chi connectivity index (χ4v) is 4.94. The molecule has 0 saturated carbocycles. The fourth-order valence-electron chi connectivity index (χ4n) is 4.94. The van der Waals surface area contributed by atoms with Crippen molar-refractivity contribution < 1.29 is 9.84 Å². The number of fused-ring (bicyclic) bond motifs is 1. The second-order valence-corrected chi connectivity index (χ2v) is 10.0. The molecule has 0 fully saturated rings. The van der Waals surface area contributed by atoms with Crippen molar-refractivity contribution in [1.29, 1.82) is 0 Å². The van der Waals surface area contributed by atoms with Gasteiger partial charge < -0.3 is 14.8 Å². The molecule has 4 aromatic carbocycles. The first-order chi connectivity index (χ1) is 19.3. The number of aromatic nitrogens is 2. The molecule has 39 heavy (non-hydrogen) atoms. The van der Waals surface area contributed by atoms with Crippen LogP contribution < -0.4 is 4.74 Å². The summed E-state index contributed by atoms with van der Waals surface area (Å²) >= 11 is 0. The first kappa shape index (κ1) is 26.7. The van der Waals surface area contributed by atoms with E-state index in [9.17, 15) is 5.11 Å². The Labute approximate surface area is 231 Å². The lowest BCUT2D eigenvalue weighted by Crippen LogP contribution is -2.26. The van der Waals surface area contributed by atoms with Gasteiger partial charge in [0.05, 0.1) is 13.2 Å². The number of aliphatic hydroxyl groups excluding tert-OH is 1. The quantitative estimate of drug-likeness (QED) is 0.155. The van der Waals surface area contributed by atoms with E-state index in [1.54, 1.807) is 0 Å². The van der Waals surface area contributed by atoms with Crippen LogP contribution in [0.5, 0.6) is 5.75 Å². The van der Waals surface area contributed by atoms with E-state index in [-0.39, 0.29) is 6.61 Å². The molecule has 0 aliphatic carbocycles. The zero-order valence-corrected chi connectivity index (χ0v) is 22.4. The first-order valence-corrected chi connectivity index (χ1v) is 13.9. The van der Waals surface area contributed by atoms with Crippen molar-refractivity contribution in [2.24, 2.45) is 0 Å². The third-order valence-electron chi connectivity index (χ3n) is 6.99. The van der Waals surface area contributed by atoms with Crippen molar-refractivity contribution in [1.82, 2.24) is 14.9 Å². The zero-order chi connectivity index (χ0) is 26.7. The summed E-state index contributed by atoms with van der Waals surface area (Å²) in [7, 11) is 0. The summed E-state index contributed by atoms with van der Waals surface area (Å²) in [6.45, 7) is 2.89. The van der Waals surface area contributed by atoms with Crippen LogP contribution in [0.25, 0.3) is 22.2 Å². The number of aromatic amines is 1. The molecule has 2 N–H and O–H groups in total. The molecular formula is C34H37N3O2. The number of imidazole rings is 1. The topological polar surface area (TPSA) is 61.4 Å². The molecule has 0 aliphatic heterocycles. The van der Waals surface area contributed by atoms with Crippen molar-refractivity contribution in [3.63, 3.8) is 0 Å². The fraction of sp³-hybridized carbons (Fsp3) is 0.265. The van der Waals surface area contributed by atoms with Crippen LogP contribution in [0.3, 0.4) is 0 Å². The van der Waals surface area contributed by atoms with Crippen molar-refractivity contribution >= 4 is 10.8 Å². The third-order valence-corrected chi connectivity index (χ3v) is 6.99. The number of nitrogens with zero attached hydrogens (tertiary/aromatic N) is 2. The number of aryl methyl sites for hydroxylation is 1. The van der Waals surface area contributed by atoms with Gasteiger partial charge in [-0.05, 0) is 65.8 Å². The number of rotatable bonds is 14. The standard InChI is InChI=1S/C34H37N3O2/c38-20-19-37(26-32-24-35-34(36-32)29-13-7-2-8-14-29)25-28-15-16-31-23-33(18-17-30(31)22-28)39-21-9-3-6-12-27-10-4-1-5-11-27/h1-2,4-5,7-8,10-11,13-18,22-24,38H,3,6,9,12,19-21,25-26H2,(H,35,36). The number of benzene rings is 4. The molecule has 0 amide bonds. The van der Waals surface area contributed by atoms with Gasteiger partial charge in [-0.1, -0.05) is 78.9 Å². The summed E-state index contributed by atoms with van der Waals surface area (Å²) in [6.07, 6.45) is 6.44. The van der Waals surface area contributed by atoms with Crippen LogP contribution in [-0.4, -0.2) is 39.7 Å². The van der Waals surface area contributed by atoms with Crippen molar-refractivity contribution in [2.75, 3.05) is 19.8 Å². The highest BCUT2D eigenvalue weighted by Crippen LogP contribution is 2.24. The van der Waals surface area contributed by atoms with Gasteiger partial charge in [-0.15, -0.1) is 0 Å². The Balaban J connectivity index is 1.13. The Morgan fingerprint density at radius 1 is 0.744 bits per heavy atom. The molecule has 0 aliphatic rings. The van der Waals surface area contributed by atoms with Crippen molar-refractivity contribution in [3.8, 4) is 17.1 Å². The highest BCUT2D eigenvalue weighted by atomic mass is 16.5. The SMILES string of the molecule is OCCN(Cc1ccc2cc(OCCCCCc3ccccc3)ccc2c1)Cc1cnc(-c2ccccc2)[nH]1. The lowest BCUT2D eigenvalue weighted by molar-refractivity contribution is 0.183. The predicted octanol–water partition coefficient (Wildman–Crippen LogP) is 7.02. The van der Waals surface area contributed by atoms with Crippen LogP contribution in [-0.2, 0) is 19.5 Å². The number of unbranched alkanes of at least 4 members (excludes halogenated alkanes) is 2. The van der Waals surface area contributed by atoms with Crippen LogP contribution in [0.1, 0.15) is 36.1 Å². The molecule has 0 spiro atoms. The van der Waals surface area contributed by atoms with Crippen LogP contribution in [0, 0.1) is 0 Å². The van der Waals surface area contributed by atoms with Gasteiger partial charge in [0.25, 0.3) is 0 Å². The number of aliphatic hydroxyl groups is 1. The Kier molecular flexibility index (Phi) is 9.40. The molecule has 5 nitrogen and oxygen atoms in total.